The molecule has 5 nitrogen and oxygen atoms in total. The van der Waals surface area contributed by atoms with E-state index in [-0.39, 0.29) is 24.1 Å². The Morgan fingerprint density at radius 3 is 2.74 bits per heavy atom. The van der Waals surface area contributed by atoms with Gasteiger partial charge in [-0.15, -0.1) is 12.4 Å². The van der Waals surface area contributed by atoms with Crippen LogP contribution in [0.1, 0.15) is 18.4 Å². The lowest BCUT2D eigenvalue weighted by Gasteiger charge is -2.17. The molecule has 1 aromatic rings. The lowest BCUT2D eigenvalue weighted by molar-refractivity contribution is -0.130. The molecule has 1 amide bonds. The number of hydrogen-bond donors (Lipinski definition) is 2. The van der Waals surface area contributed by atoms with Crippen molar-refractivity contribution >= 4 is 18.3 Å². The van der Waals surface area contributed by atoms with Crippen LogP contribution in [0.4, 0.5) is 0 Å². The van der Waals surface area contributed by atoms with E-state index in [2.05, 4.69) is 0 Å². The third kappa shape index (κ3) is 5.36. The first kappa shape index (κ1) is 17.5. The highest BCUT2D eigenvalue weighted by atomic mass is 35.5. The molecule has 6 heteroatoms. The molecule has 0 aliphatic rings. The number of phenols is 1. The number of nitrogens with two attached hydrogens (primary N) is 1. The van der Waals surface area contributed by atoms with Crippen LogP contribution in [0.15, 0.2) is 18.2 Å². The maximum atomic E-state index is 11.7. The number of halogens is 1. The van der Waals surface area contributed by atoms with Crippen molar-refractivity contribution in [3.63, 3.8) is 0 Å². The van der Waals surface area contributed by atoms with Crippen LogP contribution in [0.2, 0.25) is 0 Å². The topological polar surface area (TPSA) is 75.8 Å². The first-order valence-electron chi connectivity index (χ1n) is 5.88. The van der Waals surface area contributed by atoms with Crippen molar-refractivity contribution in [1.82, 2.24) is 4.90 Å². The van der Waals surface area contributed by atoms with Crippen molar-refractivity contribution in [2.75, 3.05) is 20.7 Å². The zero-order chi connectivity index (χ0) is 13.5. The second kappa shape index (κ2) is 8.61. The van der Waals surface area contributed by atoms with Crippen LogP contribution in [-0.4, -0.2) is 36.6 Å². The summed E-state index contributed by atoms with van der Waals surface area (Å²) in [4.78, 5) is 13.4. The van der Waals surface area contributed by atoms with Gasteiger partial charge in [-0.05, 0) is 30.7 Å². The summed E-state index contributed by atoms with van der Waals surface area (Å²) in [6, 6.07) is 5.05. The Balaban J connectivity index is 0.00000324. The zero-order valence-electron chi connectivity index (χ0n) is 11.3. The van der Waals surface area contributed by atoms with Gasteiger partial charge in [-0.3, -0.25) is 4.79 Å². The van der Waals surface area contributed by atoms with Crippen molar-refractivity contribution < 1.29 is 14.6 Å². The van der Waals surface area contributed by atoms with E-state index in [0.717, 1.165) is 5.56 Å². The van der Waals surface area contributed by atoms with Crippen molar-refractivity contribution in [1.29, 1.82) is 0 Å². The highest BCUT2D eigenvalue weighted by Crippen LogP contribution is 2.26. The van der Waals surface area contributed by atoms with Gasteiger partial charge in [0.1, 0.15) is 0 Å². The second-order valence-electron chi connectivity index (χ2n) is 4.15. The minimum absolute atomic E-state index is 0. The van der Waals surface area contributed by atoms with Gasteiger partial charge in [0, 0.05) is 20.0 Å². The monoisotopic (exact) mass is 288 g/mol. The number of phenolic OH excluding ortho intramolecular Hbond substituents is 1. The van der Waals surface area contributed by atoms with Gasteiger partial charge < -0.3 is 20.5 Å². The highest BCUT2D eigenvalue weighted by molar-refractivity contribution is 5.85. The fourth-order valence-corrected chi connectivity index (χ4v) is 1.63. The summed E-state index contributed by atoms with van der Waals surface area (Å²) in [6.07, 6.45) is 1.16. The standard InChI is InChI=1S/C13H20N2O3.ClH/c1-15(13(17)4-3-7-14)9-10-5-6-11(16)12(8-10)18-2;/h5-6,8,16H,3-4,7,9,14H2,1-2H3;1H. The first-order chi connectivity index (χ1) is 8.58. The first-order valence-corrected chi connectivity index (χ1v) is 5.88. The van der Waals surface area contributed by atoms with Crippen LogP contribution >= 0.6 is 12.4 Å². The smallest absolute Gasteiger partial charge is 0.222 e. The van der Waals surface area contributed by atoms with Gasteiger partial charge in [0.05, 0.1) is 7.11 Å². The summed E-state index contributed by atoms with van der Waals surface area (Å²) in [5.41, 5.74) is 6.28. The molecule has 0 unspecified atom stereocenters. The Kier molecular flexibility index (Phi) is 7.95. The van der Waals surface area contributed by atoms with Crippen LogP contribution in [0.25, 0.3) is 0 Å². The Bertz CT molecular complexity index is 413. The van der Waals surface area contributed by atoms with E-state index in [4.69, 9.17) is 10.5 Å². The molecule has 19 heavy (non-hydrogen) atoms. The molecule has 108 valence electrons. The maximum absolute atomic E-state index is 11.7. The van der Waals surface area contributed by atoms with Crippen LogP contribution in [0.5, 0.6) is 11.5 Å². The SMILES string of the molecule is COc1cc(CN(C)C(=O)CCCN)ccc1O.Cl. The zero-order valence-corrected chi connectivity index (χ0v) is 12.1. The average molecular weight is 289 g/mol. The van der Waals surface area contributed by atoms with E-state index < -0.39 is 0 Å². The number of rotatable bonds is 6. The van der Waals surface area contributed by atoms with Gasteiger partial charge in [0.15, 0.2) is 11.5 Å². The molecular formula is C13H21ClN2O3. The van der Waals surface area contributed by atoms with E-state index in [1.165, 1.54) is 7.11 Å². The summed E-state index contributed by atoms with van der Waals surface area (Å²) in [5, 5.41) is 9.47. The number of benzene rings is 1. The Labute approximate surface area is 119 Å². The summed E-state index contributed by atoms with van der Waals surface area (Å²) < 4.78 is 5.02. The third-order valence-corrected chi connectivity index (χ3v) is 2.68. The predicted molar refractivity (Wildman–Crippen MR) is 76.7 cm³/mol. The third-order valence-electron chi connectivity index (χ3n) is 2.68. The number of nitrogens with zero attached hydrogens (tertiary/aromatic N) is 1. The molecule has 0 fully saturated rings. The van der Waals surface area contributed by atoms with Crippen LogP contribution in [0, 0.1) is 0 Å². The number of methoxy groups -OCH3 is 1. The number of carbonyl (C=O) groups excluding carboxylic acids is 1. The van der Waals surface area contributed by atoms with Gasteiger partial charge in [0.25, 0.3) is 0 Å². The average Bonchev–Trinajstić information content (AvgIpc) is 2.37. The lowest BCUT2D eigenvalue weighted by atomic mass is 10.2. The van der Waals surface area contributed by atoms with Crippen LogP contribution < -0.4 is 10.5 Å². The van der Waals surface area contributed by atoms with Crippen molar-refractivity contribution in [2.24, 2.45) is 5.73 Å². The Hall–Kier alpha value is -1.46. The summed E-state index contributed by atoms with van der Waals surface area (Å²) in [5.74, 6) is 0.571. The molecule has 0 heterocycles. The molecule has 0 saturated carbocycles. The van der Waals surface area contributed by atoms with E-state index in [0.29, 0.717) is 31.7 Å². The molecule has 1 rings (SSSR count). The summed E-state index contributed by atoms with van der Waals surface area (Å²) >= 11 is 0. The summed E-state index contributed by atoms with van der Waals surface area (Å²) in [7, 11) is 3.24. The van der Waals surface area contributed by atoms with E-state index in [1.807, 2.05) is 0 Å². The maximum Gasteiger partial charge on any atom is 0.222 e. The van der Waals surface area contributed by atoms with Gasteiger partial charge in [0.2, 0.25) is 5.91 Å². The van der Waals surface area contributed by atoms with Gasteiger partial charge in [-0.25, -0.2) is 0 Å². The molecule has 0 saturated heterocycles. The van der Waals surface area contributed by atoms with E-state index in [9.17, 15) is 9.90 Å². The fourth-order valence-electron chi connectivity index (χ4n) is 1.63. The summed E-state index contributed by atoms with van der Waals surface area (Å²) in [6.45, 7) is 1.01. The molecule has 0 bridgehead atoms. The highest BCUT2D eigenvalue weighted by Gasteiger charge is 2.10. The number of ether oxygens (including phenoxy) is 1. The van der Waals surface area contributed by atoms with Crippen molar-refractivity contribution in [2.45, 2.75) is 19.4 Å². The molecule has 0 atom stereocenters. The van der Waals surface area contributed by atoms with Gasteiger partial charge in [-0.1, -0.05) is 6.07 Å². The van der Waals surface area contributed by atoms with Crippen molar-refractivity contribution in [3.8, 4) is 11.5 Å². The Morgan fingerprint density at radius 2 is 2.16 bits per heavy atom. The minimum atomic E-state index is 0. The minimum Gasteiger partial charge on any atom is -0.504 e. The molecule has 1 aromatic carbocycles. The largest absolute Gasteiger partial charge is 0.504 e. The quantitative estimate of drug-likeness (QED) is 0.832. The molecule has 0 aliphatic heterocycles. The van der Waals surface area contributed by atoms with Crippen molar-refractivity contribution in [3.05, 3.63) is 23.8 Å². The predicted octanol–water partition coefficient (Wildman–Crippen LogP) is 1.52. The van der Waals surface area contributed by atoms with E-state index in [1.54, 1.807) is 30.1 Å². The Morgan fingerprint density at radius 1 is 1.47 bits per heavy atom. The molecule has 0 aliphatic carbocycles. The molecule has 0 radical (unpaired) electrons. The normalized spacial score (nSPS) is 9.63. The lowest BCUT2D eigenvalue weighted by Crippen LogP contribution is -2.26. The molecule has 3 N–H and O–H groups in total. The van der Waals surface area contributed by atoms with Gasteiger partial charge in [-0.2, -0.15) is 0 Å². The molecular weight excluding hydrogens is 268 g/mol. The number of amides is 1. The molecule has 0 spiro atoms. The van der Waals surface area contributed by atoms with Gasteiger partial charge >= 0.3 is 0 Å². The number of aromatic hydroxyl groups is 1. The van der Waals surface area contributed by atoms with Crippen LogP contribution in [0.3, 0.4) is 0 Å². The van der Waals surface area contributed by atoms with Crippen LogP contribution in [-0.2, 0) is 11.3 Å². The number of carbonyl (C=O) groups is 1. The van der Waals surface area contributed by atoms with E-state index >= 15 is 0 Å². The molecule has 0 aromatic heterocycles. The fraction of sp³-hybridized carbons (Fsp3) is 0.462. The number of hydrogen-bond acceptors (Lipinski definition) is 4. The second-order valence-corrected chi connectivity index (χ2v) is 4.15.